The van der Waals surface area contributed by atoms with E-state index in [1.807, 2.05) is 12.1 Å². The van der Waals surface area contributed by atoms with Crippen LogP contribution in [0.4, 0.5) is 0 Å². The van der Waals surface area contributed by atoms with E-state index >= 15 is 0 Å². The molecule has 1 aliphatic rings. The normalized spacial score (nSPS) is 13.0. The number of esters is 1. The second-order valence-electron chi connectivity index (χ2n) is 8.15. The van der Waals surface area contributed by atoms with Crippen LogP contribution >= 0.6 is 15.9 Å². The average molecular weight is 502 g/mol. The Balaban J connectivity index is 1.33. The molecule has 0 saturated heterocycles. The summed E-state index contributed by atoms with van der Waals surface area (Å²) in [5.74, 6) is 0.335. The number of rotatable bonds is 10. The number of aryl methyl sites for hydroxylation is 1. The monoisotopic (exact) mass is 501 g/mol. The highest BCUT2D eigenvalue weighted by molar-refractivity contribution is 9.10. The van der Waals surface area contributed by atoms with Gasteiger partial charge in [0, 0.05) is 17.4 Å². The molecule has 0 fully saturated rings. The van der Waals surface area contributed by atoms with Crippen molar-refractivity contribution in [2.45, 2.75) is 46.0 Å². The maximum atomic E-state index is 12.4. The van der Waals surface area contributed by atoms with Gasteiger partial charge >= 0.3 is 5.97 Å². The highest BCUT2D eigenvalue weighted by atomic mass is 79.9. The van der Waals surface area contributed by atoms with Crippen molar-refractivity contribution in [1.82, 2.24) is 4.90 Å². The van der Waals surface area contributed by atoms with Crippen LogP contribution in [0.3, 0.4) is 0 Å². The number of ether oxygens (including phenoxy) is 2. The van der Waals surface area contributed by atoms with Gasteiger partial charge in [0.05, 0.1) is 24.3 Å². The summed E-state index contributed by atoms with van der Waals surface area (Å²) in [6.07, 6.45) is 1.21. The van der Waals surface area contributed by atoms with Crippen molar-refractivity contribution in [1.29, 1.82) is 0 Å². The molecule has 2 aromatic carbocycles. The average Bonchev–Trinajstić information content (AvgIpc) is 2.98. The fourth-order valence-corrected chi connectivity index (χ4v) is 4.10. The molecule has 0 radical (unpaired) electrons. The first-order chi connectivity index (χ1) is 15.3. The Labute approximate surface area is 197 Å². The quantitative estimate of drug-likeness (QED) is 0.252. The van der Waals surface area contributed by atoms with Gasteiger partial charge in [0.15, 0.2) is 0 Å². The van der Waals surface area contributed by atoms with E-state index in [1.165, 1.54) is 16.0 Å². The summed E-state index contributed by atoms with van der Waals surface area (Å²) in [5.41, 5.74) is 3.30. The second-order valence-corrected chi connectivity index (χ2v) is 9.07. The number of halogens is 1. The van der Waals surface area contributed by atoms with E-state index in [-0.39, 0.29) is 37.4 Å². The number of hydrogen-bond donors (Lipinski definition) is 0. The molecular weight excluding hydrogens is 474 g/mol. The first-order valence-electron chi connectivity index (χ1n) is 10.8. The highest BCUT2D eigenvalue weighted by Gasteiger charge is 2.35. The van der Waals surface area contributed by atoms with E-state index in [0.29, 0.717) is 36.5 Å². The molecule has 7 heteroatoms. The van der Waals surface area contributed by atoms with Crippen molar-refractivity contribution in [2.75, 3.05) is 19.8 Å². The van der Waals surface area contributed by atoms with Crippen molar-refractivity contribution in [3.63, 3.8) is 0 Å². The van der Waals surface area contributed by atoms with Gasteiger partial charge in [0.1, 0.15) is 5.75 Å². The Morgan fingerprint density at radius 3 is 2.47 bits per heavy atom. The lowest BCUT2D eigenvalue weighted by Gasteiger charge is -2.14. The summed E-state index contributed by atoms with van der Waals surface area (Å²) in [7, 11) is 0. The maximum Gasteiger partial charge on any atom is 0.305 e. The minimum absolute atomic E-state index is 0.159. The van der Waals surface area contributed by atoms with Crippen LogP contribution in [-0.2, 0) is 9.53 Å². The Kier molecular flexibility index (Phi) is 8.07. The van der Waals surface area contributed by atoms with Gasteiger partial charge in [0.25, 0.3) is 11.8 Å². The molecule has 3 rings (SSSR count). The third-order valence-corrected chi connectivity index (χ3v) is 5.87. The minimum Gasteiger partial charge on any atom is -0.494 e. The van der Waals surface area contributed by atoms with Gasteiger partial charge in [-0.25, -0.2) is 0 Å². The summed E-state index contributed by atoms with van der Waals surface area (Å²) in [6, 6.07) is 11.1. The third-order valence-electron chi connectivity index (χ3n) is 5.38. The number of hydrogen-bond acceptors (Lipinski definition) is 5. The van der Waals surface area contributed by atoms with Gasteiger partial charge < -0.3 is 9.47 Å². The molecule has 1 heterocycles. The molecule has 0 aromatic heterocycles. The lowest BCUT2D eigenvalue weighted by atomic mass is 9.98. The molecule has 32 heavy (non-hydrogen) atoms. The van der Waals surface area contributed by atoms with E-state index in [2.05, 4.69) is 42.8 Å². The van der Waals surface area contributed by atoms with Crippen molar-refractivity contribution in [3.05, 3.63) is 63.1 Å². The molecule has 0 spiro atoms. The lowest BCUT2D eigenvalue weighted by molar-refractivity contribution is -0.144. The fraction of sp³-hybridized carbons (Fsp3) is 0.400. The molecule has 0 saturated carbocycles. The van der Waals surface area contributed by atoms with E-state index in [4.69, 9.17) is 9.47 Å². The molecule has 0 aliphatic carbocycles. The largest absolute Gasteiger partial charge is 0.494 e. The van der Waals surface area contributed by atoms with Gasteiger partial charge in [0.2, 0.25) is 0 Å². The zero-order valence-electron chi connectivity index (χ0n) is 18.7. The van der Waals surface area contributed by atoms with Gasteiger partial charge in [-0.1, -0.05) is 35.8 Å². The summed E-state index contributed by atoms with van der Waals surface area (Å²) >= 11 is 3.31. The number of amides is 2. The number of carbonyl (C=O) groups excluding carboxylic acids is 3. The van der Waals surface area contributed by atoms with Crippen molar-refractivity contribution in [3.8, 4) is 5.75 Å². The van der Waals surface area contributed by atoms with Crippen LogP contribution in [0.15, 0.2) is 40.9 Å². The summed E-state index contributed by atoms with van der Waals surface area (Å²) in [6.45, 7) is 7.19. The second kappa shape index (κ2) is 10.8. The van der Waals surface area contributed by atoms with Crippen LogP contribution in [0.25, 0.3) is 0 Å². The Hall–Kier alpha value is -2.67. The van der Waals surface area contributed by atoms with Crippen LogP contribution in [-0.4, -0.2) is 42.4 Å². The predicted molar refractivity (Wildman–Crippen MR) is 125 cm³/mol. The van der Waals surface area contributed by atoms with Crippen LogP contribution in [0.5, 0.6) is 5.75 Å². The standard InChI is InChI=1S/C25H28BrNO5/c1-16(2)20-10-8-19(14-17(20)3)31-12-4-6-23(28)32-13-5-11-27-24(29)21-9-7-18(26)15-22(21)25(27)30/h7-10,14-16H,4-6,11-13H2,1-3H3. The topological polar surface area (TPSA) is 72.9 Å². The van der Waals surface area contributed by atoms with Crippen LogP contribution in [0.2, 0.25) is 0 Å². The van der Waals surface area contributed by atoms with Gasteiger partial charge in [-0.15, -0.1) is 0 Å². The van der Waals surface area contributed by atoms with E-state index in [9.17, 15) is 14.4 Å². The molecule has 0 bridgehead atoms. The fourth-order valence-electron chi connectivity index (χ4n) is 3.74. The Bertz CT molecular complexity index is 1020. The first kappa shape index (κ1) is 24.0. The first-order valence-corrected chi connectivity index (χ1v) is 11.6. The molecule has 2 aromatic rings. The van der Waals surface area contributed by atoms with Gasteiger partial charge in [-0.2, -0.15) is 0 Å². The number of benzene rings is 2. The lowest BCUT2D eigenvalue weighted by Crippen LogP contribution is -2.31. The molecular formula is C25H28BrNO5. The Morgan fingerprint density at radius 1 is 1.00 bits per heavy atom. The SMILES string of the molecule is Cc1cc(OCCCC(=O)OCCCN2C(=O)c3ccc(Br)cc3C2=O)ccc1C(C)C. The molecule has 6 nitrogen and oxygen atoms in total. The van der Waals surface area contributed by atoms with Gasteiger partial charge in [-0.05, 0) is 67.1 Å². The molecule has 2 amide bonds. The number of imide groups is 1. The van der Waals surface area contributed by atoms with Crippen molar-refractivity contribution < 1.29 is 23.9 Å². The molecule has 170 valence electrons. The zero-order valence-corrected chi connectivity index (χ0v) is 20.2. The smallest absolute Gasteiger partial charge is 0.305 e. The highest BCUT2D eigenvalue weighted by Crippen LogP contribution is 2.26. The summed E-state index contributed by atoms with van der Waals surface area (Å²) in [5, 5.41) is 0. The molecule has 0 N–H and O–H groups in total. The third kappa shape index (κ3) is 5.76. The summed E-state index contributed by atoms with van der Waals surface area (Å²) < 4.78 is 11.7. The molecule has 1 aliphatic heterocycles. The van der Waals surface area contributed by atoms with E-state index in [0.717, 1.165) is 10.2 Å². The molecule has 0 unspecified atom stereocenters. The zero-order chi connectivity index (χ0) is 23.3. The van der Waals surface area contributed by atoms with Crippen LogP contribution in [0.1, 0.15) is 70.9 Å². The molecule has 0 atom stereocenters. The van der Waals surface area contributed by atoms with Crippen molar-refractivity contribution >= 4 is 33.7 Å². The minimum atomic E-state index is -0.314. The van der Waals surface area contributed by atoms with E-state index < -0.39 is 0 Å². The van der Waals surface area contributed by atoms with Crippen molar-refractivity contribution in [2.24, 2.45) is 0 Å². The van der Waals surface area contributed by atoms with E-state index in [1.54, 1.807) is 18.2 Å². The number of fused-ring (bicyclic) bond motifs is 1. The maximum absolute atomic E-state index is 12.4. The summed E-state index contributed by atoms with van der Waals surface area (Å²) in [4.78, 5) is 37.9. The van der Waals surface area contributed by atoms with Gasteiger partial charge in [-0.3, -0.25) is 19.3 Å². The van der Waals surface area contributed by atoms with Crippen LogP contribution < -0.4 is 4.74 Å². The number of carbonyl (C=O) groups is 3. The Morgan fingerprint density at radius 2 is 1.75 bits per heavy atom. The van der Waals surface area contributed by atoms with Crippen LogP contribution in [0, 0.1) is 6.92 Å². The predicted octanol–water partition coefficient (Wildman–Crippen LogP) is 5.27. The number of nitrogens with zero attached hydrogens (tertiary/aromatic N) is 1.